The summed E-state index contributed by atoms with van der Waals surface area (Å²) in [5, 5.41) is 7.06. The molecule has 2 rings (SSSR count). The number of carbonyl (C=O) groups excluding carboxylic acids is 1. The lowest BCUT2D eigenvalue weighted by Crippen LogP contribution is -2.38. The Bertz CT molecular complexity index is 601. The van der Waals surface area contributed by atoms with E-state index in [0.29, 0.717) is 31.3 Å². The molecule has 0 bridgehead atoms. The van der Waals surface area contributed by atoms with Crippen LogP contribution >= 0.6 is 0 Å². The molecule has 1 aliphatic heterocycles. The molecule has 1 amide bonds. The molecule has 7 nitrogen and oxygen atoms in total. The molecule has 0 radical (unpaired) electrons. The van der Waals surface area contributed by atoms with E-state index in [2.05, 4.69) is 10.2 Å². The Balaban J connectivity index is 1.95. The number of hydrogen-bond acceptors (Lipinski definition) is 6. The van der Waals surface area contributed by atoms with Crippen LogP contribution < -0.4 is 0 Å². The molecule has 0 saturated carbocycles. The lowest BCUT2D eigenvalue weighted by molar-refractivity contribution is -0.133. The minimum Gasteiger partial charge on any atom is -0.412 e. The smallest absolute Gasteiger partial charge is 0.335 e. The zero-order chi connectivity index (χ0) is 15.6. The van der Waals surface area contributed by atoms with E-state index in [9.17, 15) is 13.2 Å². The van der Waals surface area contributed by atoms with Gasteiger partial charge < -0.3 is 9.32 Å². The third-order valence-electron chi connectivity index (χ3n) is 3.52. The van der Waals surface area contributed by atoms with Crippen molar-refractivity contribution in [1.82, 2.24) is 15.1 Å². The van der Waals surface area contributed by atoms with Crippen molar-refractivity contribution in [3.05, 3.63) is 5.89 Å². The van der Waals surface area contributed by atoms with Crippen LogP contribution in [0, 0.1) is 5.92 Å². The lowest BCUT2D eigenvalue weighted by atomic mass is 9.96. The summed E-state index contributed by atoms with van der Waals surface area (Å²) in [7, 11) is -3.46. The summed E-state index contributed by atoms with van der Waals surface area (Å²) in [4.78, 5) is 13.8. The van der Waals surface area contributed by atoms with Gasteiger partial charge in [0.1, 0.15) is 0 Å². The Hall–Kier alpha value is -1.44. The highest BCUT2D eigenvalue weighted by Gasteiger charge is 2.28. The van der Waals surface area contributed by atoms with Gasteiger partial charge in [0.05, 0.1) is 0 Å². The Morgan fingerprint density at radius 3 is 2.43 bits per heavy atom. The fourth-order valence-corrected chi connectivity index (χ4v) is 2.82. The zero-order valence-corrected chi connectivity index (χ0v) is 13.4. The number of hydrogen-bond donors (Lipinski definition) is 0. The number of piperidine rings is 1. The Morgan fingerprint density at radius 1 is 1.33 bits per heavy atom. The van der Waals surface area contributed by atoms with Gasteiger partial charge in [0.15, 0.2) is 0 Å². The van der Waals surface area contributed by atoms with Gasteiger partial charge in [0.25, 0.3) is 0 Å². The molecule has 1 fully saturated rings. The number of rotatable bonds is 4. The summed E-state index contributed by atoms with van der Waals surface area (Å²) in [5.41, 5.74) is 0. The monoisotopic (exact) mass is 315 g/mol. The molecule has 1 aromatic heterocycles. The van der Waals surface area contributed by atoms with Crippen molar-refractivity contribution in [2.24, 2.45) is 5.92 Å². The Labute approximate surface area is 124 Å². The van der Waals surface area contributed by atoms with Crippen LogP contribution in [0.5, 0.6) is 0 Å². The average Bonchev–Trinajstić information content (AvgIpc) is 2.87. The molecule has 0 aliphatic carbocycles. The topological polar surface area (TPSA) is 93.4 Å². The van der Waals surface area contributed by atoms with Crippen LogP contribution in [0.1, 0.15) is 44.9 Å². The first-order valence-electron chi connectivity index (χ1n) is 7.08. The van der Waals surface area contributed by atoms with Gasteiger partial charge in [-0.15, -0.1) is 5.10 Å². The maximum atomic E-state index is 12.0. The van der Waals surface area contributed by atoms with Crippen LogP contribution in [0.15, 0.2) is 9.64 Å². The van der Waals surface area contributed by atoms with Gasteiger partial charge in [0, 0.05) is 31.7 Å². The van der Waals surface area contributed by atoms with Crippen LogP contribution in [-0.2, 0) is 14.6 Å². The molecule has 2 heterocycles. The standard InChI is InChI=1S/C13H21N3O4S/c1-9(2)8-11(17)16-6-4-10(5-7-16)12-14-15-13(20-12)21(3,18)19/h9-10H,4-8H2,1-3H3. The fourth-order valence-electron chi connectivity index (χ4n) is 2.39. The van der Waals surface area contributed by atoms with Crippen LogP contribution in [-0.4, -0.2) is 48.8 Å². The van der Waals surface area contributed by atoms with E-state index in [1.807, 2.05) is 18.7 Å². The van der Waals surface area contributed by atoms with Crippen molar-refractivity contribution >= 4 is 15.7 Å². The van der Waals surface area contributed by atoms with Gasteiger partial charge in [-0.3, -0.25) is 4.79 Å². The van der Waals surface area contributed by atoms with E-state index in [-0.39, 0.29) is 17.0 Å². The van der Waals surface area contributed by atoms with E-state index in [4.69, 9.17) is 4.42 Å². The van der Waals surface area contributed by atoms with Crippen molar-refractivity contribution in [2.45, 2.75) is 44.3 Å². The molecule has 21 heavy (non-hydrogen) atoms. The van der Waals surface area contributed by atoms with Crippen molar-refractivity contribution in [3.63, 3.8) is 0 Å². The maximum Gasteiger partial charge on any atom is 0.335 e. The zero-order valence-electron chi connectivity index (χ0n) is 12.6. The predicted octanol–water partition coefficient (Wildman–Crippen LogP) is 1.23. The summed E-state index contributed by atoms with van der Waals surface area (Å²) >= 11 is 0. The minimum absolute atomic E-state index is 0.0242. The van der Waals surface area contributed by atoms with E-state index < -0.39 is 9.84 Å². The van der Waals surface area contributed by atoms with Gasteiger partial charge in [-0.25, -0.2) is 8.42 Å². The first-order valence-corrected chi connectivity index (χ1v) is 8.97. The van der Waals surface area contributed by atoms with Gasteiger partial charge in [-0.2, -0.15) is 0 Å². The molecule has 8 heteroatoms. The summed E-state index contributed by atoms with van der Waals surface area (Å²) in [6.07, 6.45) is 3.03. The van der Waals surface area contributed by atoms with Gasteiger partial charge in [-0.05, 0) is 18.8 Å². The molecule has 0 aromatic carbocycles. The summed E-state index contributed by atoms with van der Waals surface area (Å²) < 4.78 is 27.9. The highest BCUT2D eigenvalue weighted by molar-refractivity contribution is 7.90. The number of amides is 1. The second kappa shape index (κ2) is 6.13. The molecule has 0 spiro atoms. The largest absolute Gasteiger partial charge is 0.412 e. The van der Waals surface area contributed by atoms with Crippen LogP contribution in [0.4, 0.5) is 0 Å². The van der Waals surface area contributed by atoms with Crippen molar-refractivity contribution in [3.8, 4) is 0 Å². The van der Waals surface area contributed by atoms with Crippen molar-refractivity contribution in [1.29, 1.82) is 0 Å². The van der Waals surface area contributed by atoms with Gasteiger partial charge in [0.2, 0.25) is 21.6 Å². The molecule has 0 N–H and O–H groups in total. The van der Waals surface area contributed by atoms with Crippen LogP contribution in [0.25, 0.3) is 0 Å². The molecule has 1 saturated heterocycles. The Morgan fingerprint density at radius 2 is 1.95 bits per heavy atom. The number of sulfone groups is 1. The van der Waals surface area contributed by atoms with Crippen molar-refractivity contribution in [2.75, 3.05) is 19.3 Å². The van der Waals surface area contributed by atoms with Gasteiger partial charge >= 0.3 is 5.22 Å². The number of aromatic nitrogens is 2. The molecule has 118 valence electrons. The van der Waals surface area contributed by atoms with Crippen LogP contribution in [0.3, 0.4) is 0 Å². The van der Waals surface area contributed by atoms with Crippen LogP contribution in [0.2, 0.25) is 0 Å². The SMILES string of the molecule is CC(C)CC(=O)N1CCC(c2nnc(S(C)(=O)=O)o2)CC1. The molecule has 0 atom stereocenters. The molecular weight excluding hydrogens is 294 g/mol. The second-order valence-electron chi connectivity index (χ2n) is 5.93. The van der Waals surface area contributed by atoms with E-state index >= 15 is 0 Å². The summed E-state index contributed by atoms with van der Waals surface area (Å²) in [6.45, 7) is 5.34. The highest BCUT2D eigenvalue weighted by atomic mass is 32.2. The quantitative estimate of drug-likeness (QED) is 0.829. The van der Waals surface area contributed by atoms with E-state index in [0.717, 1.165) is 19.1 Å². The minimum atomic E-state index is -3.46. The summed E-state index contributed by atoms with van der Waals surface area (Å²) in [6, 6.07) is 0. The molecular formula is C13H21N3O4S. The van der Waals surface area contributed by atoms with E-state index in [1.165, 1.54) is 0 Å². The normalized spacial score (nSPS) is 17.4. The first kappa shape index (κ1) is 15.9. The highest BCUT2D eigenvalue weighted by Crippen LogP contribution is 2.28. The average molecular weight is 315 g/mol. The van der Waals surface area contributed by atoms with Crippen molar-refractivity contribution < 1.29 is 17.6 Å². The fraction of sp³-hybridized carbons (Fsp3) is 0.769. The lowest BCUT2D eigenvalue weighted by Gasteiger charge is -2.31. The molecule has 1 aliphatic rings. The second-order valence-corrected chi connectivity index (χ2v) is 7.82. The third kappa shape index (κ3) is 4.03. The third-order valence-corrected chi connectivity index (χ3v) is 4.32. The number of nitrogens with zero attached hydrogens (tertiary/aromatic N) is 3. The number of likely N-dealkylation sites (tertiary alicyclic amines) is 1. The predicted molar refractivity (Wildman–Crippen MR) is 75.4 cm³/mol. The Kier molecular flexibility index (Phi) is 4.65. The summed E-state index contributed by atoms with van der Waals surface area (Å²) in [5.74, 6) is 0.900. The first-order chi connectivity index (χ1) is 9.77. The van der Waals surface area contributed by atoms with E-state index in [1.54, 1.807) is 0 Å². The number of carbonyl (C=O) groups is 1. The molecule has 1 aromatic rings. The maximum absolute atomic E-state index is 12.0. The van der Waals surface area contributed by atoms with Gasteiger partial charge in [-0.1, -0.05) is 18.9 Å². The molecule has 0 unspecified atom stereocenters.